The first-order chi connectivity index (χ1) is 7.45. The molecule has 0 radical (unpaired) electrons. The molecule has 1 aliphatic carbocycles. The molecule has 3 heteroatoms. The quantitative estimate of drug-likeness (QED) is 0.797. The van der Waals surface area contributed by atoms with E-state index in [1.807, 2.05) is 0 Å². The van der Waals surface area contributed by atoms with Crippen LogP contribution in [0.2, 0.25) is 0 Å². The van der Waals surface area contributed by atoms with Gasteiger partial charge < -0.3 is 10.6 Å². The van der Waals surface area contributed by atoms with E-state index in [1.54, 1.807) is 0 Å². The largest absolute Gasteiger partial charge is 0.317 e. The maximum atomic E-state index is 3.70. The summed E-state index contributed by atoms with van der Waals surface area (Å²) in [5, 5.41) is 7.12. The van der Waals surface area contributed by atoms with E-state index in [0.717, 1.165) is 11.8 Å². The summed E-state index contributed by atoms with van der Waals surface area (Å²) in [6.07, 6.45) is 10.1. The standard InChI is InChI=1S/C13H26N2.ClH/c1-2-4-12(5-3-1)10-15-11-13-6-8-14-9-7-13;/h12-15H,1-11H2;1H. The molecule has 2 nitrogen and oxygen atoms in total. The molecule has 0 bridgehead atoms. The van der Waals surface area contributed by atoms with Crippen LogP contribution in [0.25, 0.3) is 0 Å². The Kier molecular flexibility index (Phi) is 7.42. The molecule has 2 fully saturated rings. The van der Waals surface area contributed by atoms with Crippen molar-refractivity contribution in [3.63, 3.8) is 0 Å². The van der Waals surface area contributed by atoms with Crippen molar-refractivity contribution in [2.45, 2.75) is 44.9 Å². The Balaban J connectivity index is 0.00000128. The highest BCUT2D eigenvalue weighted by Crippen LogP contribution is 2.22. The zero-order chi connectivity index (χ0) is 10.3. The van der Waals surface area contributed by atoms with Gasteiger partial charge in [0.05, 0.1) is 0 Å². The summed E-state index contributed by atoms with van der Waals surface area (Å²) in [4.78, 5) is 0. The fourth-order valence-electron chi connectivity index (χ4n) is 2.97. The van der Waals surface area contributed by atoms with Gasteiger partial charge in [-0.05, 0) is 63.7 Å². The summed E-state index contributed by atoms with van der Waals surface area (Å²) in [6, 6.07) is 0. The molecule has 0 aromatic rings. The third-order valence-electron chi connectivity index (χ3n) is 4.05. The van der Waals surface area contributed by atoms with E-state index >= 15 is 0 Å². The van der Waals surface area contributed by atoms with E-state index in [0.29, 0.717) is 0 Å². The summed E-state index contributed by atoms with van der Waals surface area (Å²) in [5.41, 5.74) is 0. The lowest BCUT2D eigenvalue weighted by Gasteiger charge is -2.26. The van der Waals surface area contributed by atoms with Crippen molar-refractivity contribution in [1.29, 1.82) is 0 Å². The molecule has 16 heavy (non-hydrogen) atoms. The van der Waals surface area contributed by atoms with Gasteiger partial charge in [0, 0.05) is 0 Å². The molecule has 2 rings (SSSR count). The van der Waals surface area contributed by atoms with Crippen LogP contribution < -0.4 is 10.6 Å². The maximum Gasteiger partial charge on any atom is -0.00195 e. The number of hydrogen-bond acceptors (Lipinski definition) is 2. The molecular formula is C13H27ClN2. The highest BCUT2D eigenvalue weighted by Gasteiger charge is 2.15. The third-order valence-corrected chi connectivity index (χ3v) is 4.05. The Hall–Kier alpha value is 0.210. The Bertz CT molecular complexity index is 145. The predicted octanol–water partition coefficient (Wildman–Crippen LogP) is 2.58. The molecule has 1 aliphatic heterocycles. The van der Waals surface area contributed by atoms with Gasteiger partial charge in [-0.3, -0.25) is 0 Å². The number of piperidine rings is 1. The van der Waals surface area contributed by atoms with Crippen molar-refractivity contribution in [2.75, 3.05) is 26.2 Å². The van der Waals surface area contributed by atoms with Crippen LogP contribution >= 0.6 is 12.4 Å². The summed E-state index contributed by atoms with van der Waals surface area (Å²) in [7, 11) is 0. The smallest absolute Gasteiger partial charge is 0.00195 e. The van der Waals surface area contributed by atoms with Crippen LogP contribution in [0.4, 0.5) is 0 Å². The Labute approximate surface area is 106 Å². The van der Waals surface area contributed by atoms with Crippen molar-refractivity contribution in [2.24, 2.45) is 11.8 Å². The lowest BCUT2D eigenvalue weighted by atomic mass is 9.89. The minimum absolute atomic E-state index is 0. The van der Waals surface area contributed by atoms with Crippen molar-refractivity contribution >= 4 is 12.4 Å². The highest BCUT2D eigenvalue weighted by atomic mass is 35.5. The zero-order valence-corrected chi connectivity index (χ0v) is 11.2. The maximum absolute atomic E-state index is 3.70. The van der Waals surface area contributed by atoms with Crippen molar-refractivity contribution in [1.82, 2.24) is 10.6 Å². The van der Waals surface area contributed by atoms with Crippen LogP contribution in [-0.4, -0.2) is 26.2 Å². The summed E-state index contributed by atoms with van der Waals surface area (Å²) in [5.74, 6) is 1.93. The van der Waals surface area contributed by atoms with E-state index in [2.05, 4.69) is 10.6 Å². The van der Waals surface area contributed by atoms with Gasteiger partial charge in [-0.2, -0.15) is 0 Å². The Morgan fingerprint density at radius 1 is 0.812 bits per heavy atom. The Morgan fingerprint density at radius 3 is 2.00 bits per heavy atom. The molecular weight excluding hydrogens is 220 g/mol. The predicted molar refractivity (Wildman–Crippen MR) is 72.3 cm³/mol. The minimum Gasteiger partial charge on any atom is -0.317 e. The summed E-state index contributed by atoms with van der Waals surface area (Å²) < 4.78 is 0. The number of rotatable bonds is 4. The second-order valence-electron chi connectivity index (χ2n) is 5.36. The van der Waals surface area contributed by atoms with Gasteiger partial charge in [-0.25, -0.2) is 0 Å². The van der Waals surface area contributed by atoms with Gasteiger partial charge in [-0.15, -0.1) is 12.4 Å². The minimum atomic E-state index is 0. The first kappa shape index (κ1) is 14.3. The van der Waals surface area contributed by atoms with Crippen LogP contribution in [0.1, 0.15) is 44.9 Å². The second kappa shape index (κ2) is 8.32. The normalized spacial score (nSPS) is 24.0. The Morgan fingerprint density at radius 2 is 1.38 bits per heavy atom. The topological polar surface area (TPSA) is 24.1 Å². The molecule has 1 saturated heterocycles. The SMILES string of the molecule is C1CCC(CNCC2CCNCC2)CC1.Cl. The molecule has 0 aromatic heterocycles. The summed E-state index contributed by atoms with van der Waals surface area (Å²) in [6.45, 7) is 5.01. The van der Waals surface area contributed by atoms with Crippen molar-refractivity contribution in [3.05, 3.63) is 0 Å². The lowest BCUT2D eigenvalue weighted by Crippen LogP contribution is -2.35. The monoisotopic (exact) mass is 246 g/mol. The zero-order valence-electron chi connectivity index (χ0n) is 10.3. The third kappa shape index (κ3) is 5.03. The molecule has 1 heterocycles. The fraction of sp³-hybridized carbons (Fsp3) is 1.00. The lowest BCUT2D eigenvalue weighted by molar-refractivity contribution is 0.311. The van der Waals surface area contributed by atoms with Crippen LogP contribution in [0.5, 0.6) is 0 Å². The van der Waals surface area contributed by atoms with Gasteiger partial charge in [0.25, 0.3) is 0 Å². The van der Waals surface area contributed by atoms with Crippen LogP contribution in [-0.2, 0) is 0 Å². The van der Waals surface area contributed by atoms with E-state index in [1.165, 1.54) is 71.1 Å². The fourth-order valence-corrected chi connectivity index (χ4v) is 2.97. The van der Waals surface area contributed by atoms with E-state index in [-0.39, 0.29) is 12.4 Å². The number of halogens is 1. The van der Waals surface area contributed by atoms with Crippen LogP contribution in [0.3, 0.4) is 0 Å². The number of hydrogen-bond donors (Lipinski definition) is 2. The van der Waals surface area contributed by atoms with Crippen LogP contribution in [0, 0.1) is 11.8 Å². The molecule has 0 aromatic carbocycles. The van der Waals surface area contributed by atoms with Gasteiger partial charge in [0.2, 0.25) is 0 Å². The van der Waals surface area contributed by atoms with E-state index < -0.39 is 0 Å². The highest BCUT2D eigenvalue weighted by molar-refractivity contribution is 5.85. The van der Waals surface area contributed by atoms with Gasteiger partial charge in [0.1, 0.15) is 0 Å². The average molecular weight is 247 g/mol. The van der Waals surface area contributed by atoms with E-state index in [4.69, 9.17) is 0 Å². The molecule has 2 aliphatic rings. The molecule has 0 spiro atoms. The average Bonchev–Trinajstić information content (AvgIpc) is 2.32. The van der Waals surface area contributed by atoms with Gasteiger partial charge in [-0.1, -0.05) is 19.3 Å². The number of nitrogens with one attached hydrogen (secondary N) is 2. The molecule has 1 saturated carbocycles. The van der Waals surface area contributed by atoms with E-state index in [9.17, 15) is 0 Å². The van der Waals surface area contributed by atoms with Gasteiger partial charge >= 0.3 is 0 Å². The molecule has 0 atom stereocenters. The molecule has 96 valence electrons. The first-order valence-electron chi connectivity index (χ1n) is 6.86. The van der Waals surface area contributed by atoms with Crippen molar-refractivity contribution < 1.29 is 0 Å². The van der Waals surface area contributed by atoms with Crippen LogP contribution in [0.15, 0.2) is 0 Å². The molecule has 2 N–H and O–H groups in total. The van der Waals surface area contributed by atoms with Gasteiger partial charge in [0.15, 0.2) is 0 Å². The molecule has 0 amide bonds. The first-order valence-corrected chi connectivity index (χ1v) is 6.86. The second-order valence-corrected chi connectivity index (χ2v) is 5.36. The molecule has 0 unspecified atom stereocenters. The van der Waals surface area contributed by atoms with Crippen molar-refractivity contribution in [3.8, 4) is 0 Å². The summed E-state index contributed by atoms with van der Waals surface area (Å²) >= 11 is 0.